The summed E-state index contributed by atoms with van der Waals surface area (Å²) >= 11 is 0. The SMILES string of the molecule is CCOc1ccc(/C=C/C=O)cc1OC(C)(C)C. The first kappa shape index (κ1) is 14.3. The van der Waals surface area contributed by atoms with Crippen LogP contribution in [-0.4, -0.2) is 18.5 Å². The molecule has 0 spiro atoms. The second kappa shape index (κ2) is 6.24. The number of hydrogen-bond acceptors (Lipinski definition) is 3. The zero-order valence-corrected chi connectivity index (χ0v) is 11.4. The lowest BCUT2D eigenvalue weighted by atomic mass is 10.1. The Bertz CT molecular complexity index is 428. The predicted molar refractivity (Wildman–Crippen MR) is 73.1 cm³/mol. The third kappa shape index (κ3) is 4.62. The number of allylic oxidation sites excluding steroid dienone is 1. The van der Waals surface area contributed by atoms with E-state index in [1.807, 2.05) is 45.9 Å². The molecule has 3 heteroatoms. The molecule has 0 aliphatic carbocycles. The van der Waals surface area contributed by atoms with E-state index in [0.717, 1.165) is 17.6 Å². The molecule has 0 aliphatic rings. The van der Waals surface area contributed by atoms with Gasteiger partial charge in [-0.05, 0) is 51.5 Å². The quantitative estimate of drug-likeness (QED) is 0.591. The Balaban J connectivity index is 3.06. The summed E-state index contributed by atoms with van der Waals surface area (Å²) in [6, 6.07) is 5.62. The Labute approximate surface area is 108 Å². The van der Waals surface area contributed by atoms with Crippen molar-refractivity contribution in [2.24, 2.45) is 0 Å². The zero-order valence-electron chi connectivity index (χ0n) is 11.4. The topological polar surface area (TPSA) is 35.5 Å². The van der Waals surface area contributed by atoms with E-state index >= 15 is 0 Å². The predicted octanol–water partition coefficient (Wildman–Crippen LogP) is 3.47. The van der Waals surface area contributed by atoms with Gasteiger partial charge in [-0.3, -0.25) is 4.79 Å². The first-order chi connectivity index (χ1) is 8.46. The second-order valence-corrected chi connectivity index (χ2v) is 4.85. The molecule has 0 aromatic heterocycles. The van der Waals surface area contributed by atoms with Crippen LogP contribution in [0.1, 0.15) is 33.3 Å². The molecule has 0 saturated carbocycles. The van der Waals surface area contributed by atoms with E-state index in [2.05, 4.69) is 0 Å². The fraction of sp³-hybridized carbons (Fsp3) is 0.400. The number of carbonyl (C=O) groups is 1. The van der Waals surface area contributed by atoms with Crippen LogP contribution >= 0.6 is 0 Å². The number of carbonyl (C=O) groups excluding carboxylic acids is 1. The van der Waals surface area contributed by atoms with Gasteiger partial charge in [0.25, 0.3) is 0 Å². The number of hydrogen-bond donors (Lipinski definition) is 0. The second-order valence-electron chi connectivity index (χ2n) is 4.85. The monoisotopic (exact) mass is 248 g/mol. The van der Waals surface area contributed by atoms with E-state index in [-0.39, 0.29) is 5.60 Å². The van der Waals surface area contributed by atoms with E-state index in [9.17, 15) is 4.79 Å². The smallest absolute Gasteiger partial charge is 0.162 e. The van der Waals surface area contributed by atoms with Crippen LogP contribution in [-0.2, 0) is 4.79 Å². The maximum atomic E-state index is 10.3. The van der Waals surface area contributed by atoms with Gasteiger partial charge in [0.1, 0.15) is 11.9 Å². The minimum Gasteiger partial charge on any atom is -0.490 e. The molecule has 1 aromatic carbocycles. The molecule has 3 nitrogen and oxygen atoms in total. The Morgan fingerprint density at radius 3 is 2.50 bits per heavy atom. The van der Waals surface area contributed by atoms with Crippen molar-refractivity contribution in [1.29, 1.82) is 0 Å². The molecule has 0 N–H and O–H groups in total. The first-order valence-corrected chi connectivity index (χ1v) is 6.04. The zero-order chi connectivity index (χ0) is 13.6. The van der Waals surface area contributed by atoms with Crippen molar-refractivity contribution in [3.05, 3.63) is 29.8 Å². The molecule has 0 heterocycles. The molecule has 0 fully saturated rings. The normalized spacial score (nSPS) is 11.6. The summed E-state index contributed by atoms with van der Waals surface area (Å²) in [5.41, 5.74) is 0.614. The van der Waals surface area contributed by atoms with Crippen LogP contribution in [0.25, 0.3) is 6.08 Å². The van der Waals surface area contributed by atoms with Gasteiger partial charge in [0.05, 0.1) is 6.61 Å². The summed E-state index contributed by atoms with van der Waals surface area (Å²) < 4.78 is 11.4. The van der Waals surface area contributed by atoms with E-state index < -0.39 is 0 Å². The van der Waals surface area contributed by atoms with Crippen LogP contribution in [0.4, 0.5) is 0 Å². The minimum absolute atomic E-state index is 0.293. The fourth-order valence-corrected chi connectivity index (χ4v) is 1.46. The summed E-state index contributed by atoms with van der Waals surface area (Å²) in [6.07, 6.45) is 3.94. The van der Waals surface area contributed by atoms with Crippen molar-refractivity contribution in [3.8, 4) is 11.5 Å². The average molecular weight is 248 g/mol. The van der Waals surface area contributed by atoms with Crippen molar-refractivity contribution in [1.82, 2.24) is 0 Å². The van der Waals surface area contributed by atoms with Gasteiger partial charge >= 0.3 is 0 Å². The highest BCUT2D eigenvalue weighted by atomic mass is 16.5. The molecule has 1 aromatic rings. The van der Waals surface area contributed by atoms with Crippen LogP contribution < -0.4 is 9.47 Å². The summed E-state index contributed by atoms with van der Waals surface area (Å²) in [5.74, 6) is 1.41. The molecule has 1 rings (SSSR count). The van der Waals surface area contributed by atoms with E-state index in [1.165, 1.54) is 6.08 Å². The lowest BCUT2D eigenvalue weighted by Gasteiger charge is -2.23. The Kier molecular flexibility index (Phi) is 4.95. The van der Waals surface area contributed by atoms with Gasteiger partial charge in [-0.1, -0.05) is 12.1 Å². The molecule has 0 saturated heterocycles. The van der Waals surface area contributed by atoms with Gasteiger partial charge in [-0.25, -0.2) is 0 Å². The third-order valence-corrected chi connectivity index (χ3v) is 2.05. The highest BCUT2D eigenvalue weighted by Gasteiger charge is 2.15. The third-order valence-electron chi connectivity index (χ3n) is 2.05. The molecule has 0 atom stereocenters. The van der Waals surface area contributed by atoms with Gasteiger partial charge in [0.15, 0.2) is 11.5 Å². The van der Waals surface area contributed by atoms with E-state index in [0.29, 0.717) is 12.4 Å². The largest absolute Gasteiger partial charge is 0.490 e. The molecule has 18 heavy (non-hydrogen) atoms. The standard InChI is InChI=1S/C15H20O3/c1-5-17-13-9-8-12(7-6-10-16)11-14(13)18-15(2,3)4/h6-11H,5H2,1-4H3/b7-6+. The summed E-state index contributed by atoms with van der Waals surface area (Å²) in [5, 5.41) is 0. The molecule has 0 radical (unpaired) electrons. The van der Waals surface area contributed by atoms with Crippen LogP contribution in [0.5, 0.6) is 11.5 Å². The van der Waals surface area contributed by atoms with Gasteiger partial charge < -0.3 is 9.47 Å². The molecular formula is C15H20O3. The van der Waals surface area contributed by atoms with Crippen molar-refractivity contribution >= 4 is 12.4 Å². The van der Waals surface area contributed by atoms with Gasteiger partial charge in [0, 0.05) is 0 Å². The first-order valence-electron chi connectivity index (χ1n) is 6.04. The number of ether oxygens (including phenoxy) is 2. The lowest BCUT2D eigenvalue weighted by molar-refractivity contribution is -0.104. The number of benzene rings is 1. The molecular weight excluding hydrogens is 228 g/mol. The maximum absolute atomic E-state index is 10.3. The van der Waals surface area contributed by atoms with E-state index in [4.69, 9.17) is 9.47 Å². The Hall–Kier alpha value is -1.77. The fourth-order valence-electron chi connectivity index (χ4n) is 1.46. The number of aldehydes is 1. The molecule has 0 amide bonds. The highest BCUT2D eigenvalue weighted by Crippen LogP contribution is 2.31. The average Bonchev–Trinajstić information content (AvgIpc) is 2.27. The van der Waals surface area contributed by atoms with Crippen LogP contribution in [0.15, 0.2) is 24.3 Å². The summed E-state index contributed by atoms with van der Waals surface area (Å²) in [6.45, 7) is 8.47. The van der Waals surface area contributed by atoms with Crippen molar-refractivity contribution in [2.75, 3.05) is 6.61 Å². The van der Waals surface area contributed by atoms with Gasteiger partial charge in [-0.2, -0.15) is 0 Å². The van der Waals surface area contributed by atoms with Crippen molar-refractivity contribution in [2.45, 2.75) is 33.3 Å². The van der Waals surface area contributed by atoms with Gasteiger partial charge in [-0.15, -0.1) is 0 Å². The highest BCUT2D eigenvalue weighted by molar-refractivity contribution is 5.74. The van der Waals surface area contributed by atoms with Crippen LogP contribution in [0, 0.1) is 0 Å². The van der Waals surface area contributed by atoms with Gasteiger partial charge in [0.2, 0.25) is 0 Å². The lowest BCUT2D eigenvalue weighted by Crippen LogP contribution is -2.23. The van der Waals surface area contributed by atoms with Crippen LogP contribution in [0.3, 0.4) is 0 Å². The van der Waals surface area contributed by atoms with Crippen LogP contribution in [0.2, 0.25) is 0 Å². The minimum atomic E-state index is -0.293. The maximum Gasteiger partial charge on any atom is 0.162 e. The van der Waals surface area contributed by atoms with Crippen molar-refractivity contribution < 1.29 is 14.3 Å². The molecule has 0 aliphatic heterocycles. The summed E-state index contributed by atoms with van der Waals surface area (Å²) in [4.78, 5) is 10.3. The Morgan fingerprint density at radius 2 is 1.94 bits per heavy atom. The number of rotatable bonds is 5. The molecule has 0 bridgehead atoms. The summed E-state index contributed by atoms with van der Waals surface area (Å²) in [7, 11) is 0. The molecule has 0 unspecified atom stereocenters. The molecule has 98 valence electrons. The Morgan fingerprint density at radius 1 is 1.22 bits per heavy atom. The van der Waals surface area contributed by atoms with Crippen molar-refractivity contribution in [3.63, 3.8) is 0 Å². The van der Waals surface area contributed by atoms with E-state index in [1.54, 1.807) is 6.08 Å².